The van der Waals surface area contributed by atoms with Crippen LogP contribution in [0.3, 0.4) is 0 Å². The van der Waals surface area contributed by atoms with Crippen LogP contribution in [-0.4, -0.2) is 7.11 Å². The fourth-order valence-corrected chi connectivity index (χ4v) is 2.49. The van der Waals surface area contributed by atoms with Gasteiger partial charge in [0.1, 0.15) is 5.75 Å². The van der Waals surface area contributed by atoms with E-state index < -0.39 is 0 Å². The molecule has 2 aromatic carbocycles. The van der Waals surface area contributed by atoms with Crippen LogP contribution < -0.4 is 10.1 Å². The zero-order chi connectivity index (χ0) is 14.5. The molecule has 0 heterocycles. The highest BCUT2D eigenvalue weighted by Crippen LogP contribution is 2.25. The van der Waals surface area contributed by atoms with Crippen LogP contribution in [0.1, 0.15) is 29.7 Å². The summed E-state index contributed by atoms with van der Waals surface area (Å²) in [4.78, 5) is 0. The lowest BCUT2D eigenvalue weighted by atomic mass is 10.1. The van der Waals surface area contributed by atoms with Crippen LogP contribution in [0.4, 0.5) is 0 Å². The summed E-state index contributed by atoms with van der Waals surface area (Å²) < 4.78 is 5.39. The van der Waals surface area contributed by atoms with Gasteiger partial charge in [-0.25, -0.2) is 0 Å². The molecule has 2 rings (SSSR count). The zero-order valence-electron chi connectivity index (χ0n) is 12.1. The second kappa shape index (κ2) is 6.78. The molecule has 2 nitrogen and oxygen atoms in total. The Labute approximate surface area is 125 Å². The summed E-state index contributed by atoms with van der Waals surface area (Å²) in [5.74, 6) is 0.905. The Hall–Kier alpha value is -1.51. The van der Waals surface area contributed by atoms with Gasteiger partial charge < -0.3 is 10.1 Å². The van der Waals surface area contributed by atoms with E-state index in [0.717, 1.165) is 28.4 Å². The molecule has 0 fully saturated rings. The number of benzene rings is 2. The van der Waals surface area contributed by atoms with Gasteiger partial charge in [-0.3, -0.25) is 0 Å². The first-order valence-corrected chi connectivity index (χ1v) is 7.11. The highest BCUT2D eigenvalue weighted by atomic mass is 35.5. The largest absolute Gasteiger partial charge is 0.496 e. The van der Waals surface area contributed by atoms with E-state index in [0.29, 0.717) is 0 Å². The molecule has 0 radical (unpaired) electrons. The molecule has 0 spiro atoms. The van der Waals surface area contributed by atoms with Crippen LogP contribution in [0, 0.1) is 6.92 Å². The lowest BCUT2D eigenvalue weighted by Gasteiger charge is -2.17. The van der Waals surface area contributed by atoms with Crippen molar-refractivity contribution in [1.82, 2.24) is 5.32 Å². The molecule has 0 aliphatic rings. The van der Waals surface area contributed by atoms with E-state index in [9.17, 15) is 0 Å². The van der Waals surface area contributed by atoms with E-state index in [1.807, 2.05) is 31.2 Å². The molecule has 1 atom stereocenters. The number of nitrogens with one attached hydrogen (secondary N) is 1. The van der Waals surface area contributed by atoms with Crippen LogP contribution in [0.2, 0.25) is 5.02 Å². The summed E-state index contributed by atoms with van der Waals surface area (Å²) in [7, 11) is 1.70. The molecule has 0 bridgehead atoms. The van der Waals surface area contributed by atoms with E-state index in [4.69, 9.17) is 16.3 Å². The number of hydrogen-bond donors (Lipinski definition) is 1. The quantitative estimate of drug-likeness (QED) is 0.874. The Bertz CT molecular complexity index is 583. The molecule has 0 unspecified atom stereocenters. The number of methoxy groups -OCH3 is 1. The van der Waals surface area contributed by atoms with Crippen LogP contribution in [0.15, 0.2) is 42.5 Å². The summed E-state index contributed by atoms with van der Waals surface area (Å²) in [6.07, 6.45) is 0. The Morgan fingerprint density at radius 3 is 2.65 bits per heavy atom. The van der Waals surface area contributed by atoms with Crippen molar-refractivity contribution in [1.29, 1.82) is 0 Å². The molecular weight excluding hydrogens is 270 g/mol. The highest BCUT2D eigenvalue weighted by Gasteiger charge is 2.10. The van der Waals surface area contributed by atoms with Gasteiger partial charge in [0.25, 0.3) is 0 Å². The molecule has 0 saturated carbocycles. The van der Waals surface area contributed by atoms with Crippen LogP contribution in [0.5, 0.6) is 5.75 Å². The van der Waals surface area contributed by atoms with Gasteiger partial charge in [0.2, 0.25) is 0 Å². The summed E-state index contributed by atoms with van der Waals surface area (Å²) in [6.45, 7) is 4.90. The van der Waals surface area contributed by atoms with Gasteiger partial charge in [-0.05, 0) is 37.1 Å². The van der Waals surface area contributed by atoms with Crippen molar-refractivity contribution in [2.24, 2.45) is 0 Å². The second-order valence-electron chi connectivity index (χ2n) is 4.94. The monoisotopic (exact) mass is 289 g/mol. The van der Waals surface area contributed by atoms with Crippen molar-refractivity contribution in [3.8, 4) is 5.75 Å². The third-order valence-corrected chi connectivity index (χ3v) is 3.76. The number of rotatable bonds is 5. The predicted octanol–water partition coefficient (Wildman–Crippen LogP) is 4.51. The van der Waals surface area contributed by atoms with Crippen LogP contribution >= 0.6 is 11.6 Å². The fourth-order valence-electron chi connectivity index (χ4n) is 2.19. The van der Waals surface area contributed by atoms with Crippen molar-refractivity contribution in [3.05, 3.63) is 64.2 Å². The summed E-state index contributed by atoms with van der Waals surface area (Å²) >= 11 is 6.25. The molecule has 0 aliphatic heterocycles. The number of halogens is 1. The van der Waals surface area contributed by atoms with E-state index in [2.05, 4.69) is 30.4 Å². The molecule has 1 N–H and O–H groups in total. The number of hydrogen-bond acceptors (Lipinski definition) is 2. The molecule has 0 aliphatic carbocycles. The minimum Gasteiger partial charge on any atom is -0.496 e. The zero-order valence-corrected chi connectivity index (χ0v) is 12.9. The Balaban J connectivity index is 2.06. The van der Waals surface area contributed by atoms with Crippen molar-refractivity contribution in [2.45, 2.75) is 26.4 Å². The summed E-state index contributed by atoms with van der Waals surface area (Å²) in [6, 6.07) is 14.4. The topological polar surface area (TPSA) is 21.3 Å². The third kappa shape index (κ3) is 3.53. The van der Waals surface area contributed by atoms with Crippen molar-refractivity contribution in [2.75, 3.05) is 7.11 Å². The first-order chi connectivity index (χ1) is 9.61. The van der Waals surface area contributed by atoms with Gasteiger partial charge in [-0.1, -0.05) is 41.9 Å². The maximum absolute atomic E-state index is 6.25. The number of ether oxygens (including phenoxy) is 1. The molecule has 2 aromatic rings. The minimum atomic E-state index is 0.198. The van der Waals surface area contributed by atoms with Gasteiger partial charge in [0, 0.05) is 23.2 Å². The maximum Gasteiger partial charge on any atom is 0.123 e. The van der Waals surface area contributed by atoms with Gasteiger partial charge in [-0.15, -0.1) is 0 Å². The molecule has 106 valence electrons. The Morgan fingerprint density at radius 2 is 1.95 bits per heavy atom. The normalized spacial score (nSPS) is 12.2. The fraction of sp³-hybridized carbons (Fsp3) is 0.294. The van der Waals surface area contributed by atoms with E-state index in [1.165, 1.54) is 5.56 Å². The molecule has 0 amide bonds. The Kier molecular flexibility index (Phi) is 5.05. The standard InChI is InChI=1S/C17H20ClNO/c1-12-8-9-14(16(18)10-12)11-19-13(2)15-6-4-5-7-17(15)20-3/h4-10,13,19H,11H2,1-3H3/t13-/m1/s1. The third-order valence-electron chi connectivity index (χ3n) is 3.41. The van der Waals surface area contributed by atoms with E-state index >= 15 is 0 Å². The molecule has 3 heteroatoms. The number of aryl methyl sites for hydroxylation is 1. The molecule has 0 aromatic heterocycles. The maximum atomic E-state index is 6.25. The molecule has 0 saturated heterocycles. The van der Waals surface area contributed by atoms with E-state index in [-0.39, 0.29) is 6.04 Å². The smallest absolute Gasteiger partial charge is 0.123 e. The Morgan fingerprint density at radius 1 is 1.20 bits per heavy atom. The average molecular weight is 290 g/mol. The van der Waals surface area contributed by atoms with Crippen molar-refractivity contribution < 1.29 is 4.74 Å². The van der Waals surface area contributed by atoms with Crippen molar-refractivity contribution in [3.63, 3.8) is 0 Å². The minimum absolute atomic E-state index is 0.198. The summed E-state index contributed by atoms with van der Waals surface area (Å²) in [5, 5.41) is 4.30. The van der Waals surface area contributed by atoms with Gasteiger partial charge >= 0.3 is 0 Å². The average Bonchev–Trinajstić information content (AvgIpc) is 2.46. The second-order valence-corrected chi connectivity index (χ2v) is 5.35. The lowest BCUT2D eigenvalue weighted by Crippen LogP contribution is -2.18. The summed E-state index contributed by atoms with van der Waals surface area (Å²) in [5.41, 5.74) is 3.44. The first kappa shape index (κ1) is 14.9. The van der Waals surface area contributed by atoms with Crippen LogP contribution in [0.25, 0.3) is 0 Å². The van der Waals surface area contributed by atoms with Gasteiger partial charge in [0.05, 0.1) is 7.11 Å². The number of para-hydroxylation sites is 1. The van der Waals surface area contributed by atoms with Crippen LogP contribution in [-0.2, 0) is 6.54 Å². The van der Waals surface area contributed by atoms with Gasteiger partial charge in [0.15, 0.2) is 0 Å². The molecular formula is C17H20ClNO. The van der Waals surface area contributed by atoms with Crippen molar-refractivity contribution >= 4 is 11.6 Å². The predicted molar refractivity (Wildman–Crippen MR) is 84.4 cm³/mol. The van der Waals surface area contributed by atoms with Gasteiger partial charge in [-0.2, -0.15) is 0 Å². The highest BCUT2D eigenvalue weighted by molar-refractivity contribution is 6.31. The first-order valence-electron chi connectivity index (χ1n) is 6.73. The SMILES string of the molecule is COc1ccccc1[C@@H](C)NCc1ccc(C)cc1Cl. The lowest BCUT2D eigenvalue weighted by molar-refractivity contribution is 0.401. The molecule has 20 heavy (non-hydrogen) atoms. The van der Waals surface area contributed by atoms with E-state index in [1.54, 1.807) is 7.11 Å².